The van der Waals surface area contributed by atoms with E-state index in [2.05, 4.69) is 19.9 Å². The number of fused-ring (bicyclic) bond motifs is 1. The molecule has 0 bridgehead atoms. The first kappa shape index (κ1) is 21.4. The molecule has 2 aromatic rings. The Balaban J connectivity index is 1.90. The maximum absolute atomic E-state index is 12.8. The number of carbonyl (C=O) groups excluding carboxylic acids is 1. The van der Waals surface area contributed by atoms with E-state index in [0.29, 0.717) is 11.3 Å². The quantitative estimate of drug-likeness (QED) is 0.339. The van der Waals surface area contributed by atoms with Gasteiger partial charge in [0, 0.05) is 6.07 Å². The van der Waals surface area contributed by atoms with Crippen LogP contribution in [-0.2, 0) is 0 Å². The number of hydrogen-bond donors (Lipinski definition) is 1. The van der Waals surface area contributed by atoms with Crippen molar-refractivity contribution >= 4 is 17.9 Å². The monoisotopic (exact) mass is 404 g/mol. The molecule has 1 heterocycles. The molecule has 30 heavy (non-hydrogen) atoms. The summed E-state index contributed by atoms with van der Waals surface area (Å²) in [6.07, 6.45) is 10.8. The smallest absolute Gasteiger partial charge is 0.193 e. The zero-order valence-corrected chi connectivity index (χ0v) is 17.9. The highest BCUT2D eigenvalue weighted by Gasteiger charge is 2.31. The van der Waals surface area contributed by atoms with E-state index >= 15 is 0 Å². The third kappa shape index (κ3) is 4.82. The van der Waals surface area contributed by atoms with Crippen molar-refractivity contribution in [2.24, 2.45) is 0 Å². The van der Waals surface area contributed by atoms with Gasteiger partial charge in [-0.2, -0.15) is 0 Å². The van der Waals surface area contributed by atoms with Gasteiger partial charge in [-0.1, -0.05) is 48.1 Å². The number of allylic oxidation sites excluding steroid dienone is 3. The number of hydrogen-bond acceptors (Lipinski definition) is 4. The van der Waals surface area contributed by atoms with E-state index in [-0.39, 0.29) is 22.8 Å². The molecule has 3 rings (SSSR count). The van der Waals surface area contributed by atoms with Crippen molar-refractivity contribution in [1.29, 1.82) is 0 Å². The molecule has 4 nitrogen and oxygen atoms in total. The van der Waals surface area contributed by atoms with Crippen LogP contribution in [-0.4, -0.2) is 23.6 Å². The molecule has 1 atom stereocenters. The second kappa shape index (κ2) is 9.04. The van der Waals surface area contributed by atoms with Gasteiger partial charge in [0.2, 0.25) is 0 Å². The molecule has 0 aromatic heterocycles. The second-order valence-corrected chi connectivity index (χ2v) is 7.89. The average Bonchev–Trinajstić information content (AvgIpc) is 2.72. The van der Waals surface area contributed by atoms with Crippen LogP contribution in [0.5, 0.6) is 17.2 Å². The summed E-state index contributed by atoms with van der Waals surface area (Å²) in [4.78, 5) is 12.8. The van der Waals surface area contributed by atoms with Crippen molar-refractivity contribution in [3.63, 3.8) is 0 Å². The predicted molar refractivity (Wildman–Crippen MR) is 121 cm³/mol. The van der Waals surface area contributed by atoms with Crippen molar-refractivity contribution in [3.8, 4) is 17.2 Å². The van der Waals surface area contributed by atoms with E-state index in [1.54, 1.807) is 12.1 Å². The molecule has 0 fully saturated rings. The first-order chi connectivity index (χ1) is 14.3. The van der Waals surface area contributed by atoms with Gasteiger partial charge < -0.3 is 14.6 Å². The highest BCUT2D eigenvalue weighted by Crippen LogP contribution is 2.44. The maximum Gasteiger partial charge on any atom is 0.193 e. The summed E-state index contributed by atoms with van der Waals surface area (Å²) in [5.41, 5.74) is 2.30. The van der Waals surface area contributed by atoms with Gasteiger partial charge in [-0.3, -0.25) is 4.79 Å². The summed E-state index contributed by atoms with van der Waals surface area (Å²) in [6.45, 7) is 6.15. The van der Waals surface area contributed by atoms with E-state index < -0.39 is 5.60 Å². The fraction of sp³-hybridized carbons (Fsp3) is 0.269. The molecule has 0 saturated heterocycles. The minimum absolute atomic E-state index is 0.129. The first-order valence-electron chi connectivity index (χ1n) is 10.1. The molecule has 1 unspecified atom stereocenters. The Kier molecular flexibility index (Phi) is 6.46. The Hall–Kier alpha value is -3.27. The number of carbonyl (C=O) groups is 1. The number of ether oxygens (including phenoxy) is 2. The summed E-state index contributed by atoms with van der Waals surface area (Å²) >= 11 is 0. The van der Waals surface area contributed by atoms with Crippen molar-refractivity contribution in [1.82, 2.24) is 0 Å². The third-order valence-corrected chi connectivity index (χ3v) is 5.10. The van der Waals surface area contributed by atoms with Gasteiger partial charge in [0.25, 0.3) is 0 Å². The molecular weight excluding hydrogens is 376 g/mol. The van der Waals surface area contributed by atoms with Crippen LogP contribution in [0, 0.1) is 0 Å². The van der Waals surface area contributed by atoms with Crippen molar-refractivity contribution in [2.45, 2.75) is 39.2 Å². The van der Waals surface area contributed by atoms with E-state index in [4.69, 9.17) is 9.47 Å². The molecule has 0 saturated carbocycles. The number of ketones is 1. The number of benzene rings is 2. The van der Waals surface area contributed by atoms with Gasteiger partial charge in [0.1, 0.15) is 28.4 Å². The van der Waals surface area contributed by atoms with Crippen LogP contribution >= 0.6 is 0 Å². The Morgan fingerprint density at radius 2 is 1.97 bits per heavy atom. The lowest BCUT2D eigenvalue weighted by Gasteiger charge is -2.32. The molecule has 0 aliphatic carbocycles. The molecule has 0 spiro atoms. The third-order valence-electron chi connectivity index (χ3n) is 5.10. The summed E-state index contributed by atoms with van der Waals surface area (Å²) in [5, 5.41) is 10.9. The lowest BCUT2D eigenvalue weighted by atomic mass is 9.92. The Labute approximate surface area is 178 Å². The van der Waals surface area contributed by atoms with E-state index in [1.807, 2.05) is 49.4 Å². The Morgan fingerprint density at radius 3 is 2.63 bits per heavy atom. The highest BCUT2D eigenvalue weighted by molar-refractivity contribution is 6.11. The van der Waals surface area contributed by atoms with E-state index in [1.165, 1.54) is 18.8 Å². The first-order valence-corrected chi connectivity index (χ1v) is 10.1. The maximum atomic E-state index is 12.8. The van der Waals surface area contributed by atoms with Crippen LogP contribution in [0.2, 0.25) is 0 Å². The topological polar surface area (TPSA) is 55.8 Å². The second-order valence-electron chi connectivity index (χ2n) is 7.89. The predicted octanol–water partition coefficient (Wildman–Crippen LogP) is 6.21. The fourth-order valence-electron chi connectivity index (χ4n) is 3.43. The molecule has 2 aromatic carbocycles. The number of phenols is 1. The van der Waals surface area contributed by atoms with Crippen molar-refractivity contribution < 1.29 is 19.4 Å². The van der Waals surface area contributed by atoms with Crippen LogP contribution in [0.3, 0.4) is 0 Å². The van der Waals surface area contributed by atoms with Gasteiger partial charge >= 0.3 is 0 Å². The van der Waals surface area contributed by atoms with Gasteiger partial charge in [0.05, 0.1) is 12.7 Å². The lowest BCUT2D eigenvalue weighted by Crippen LogP contribution is -2.31. The van der Waals surface area contributed by atoms with Crippen molar-refractivity contribution in [3.05, 3.63) is 76.9 Å². The van der Waals surface area contributed by atoms with E-state index in [9.17, 15) is 9.90 Å². The zero-order chi connectivity index (χ0) is 21.7. The molecule has 0 radical (unpaired) electrons. The number of rotatable bonds is 7. The van der Waals surface area contributed by atoms with Gasteiger partial charge in [-0.15, -0.1) is 0 Å². The minimum Gasteiger partial charge on any atom is -0.506 e. The van der Waals surface area contributed by atoms with Gasteiger partial charge in [-0.25, -0.2) is 0 Å². The molecule has 1 aliphatic heterocycles. The molecular formula is C26H28O4. The zero-order valence-electron chi connectivity index (χ0n) is 17.9. The normalized spacial score (nSPS) is 17.3. The Morgan fingerprint density at radius 1 is 1.23 bits per heavy atom. The van der Waals surface area contributed by atoms with Crippen LogP contribution in [0.25, 0.3) is 12.2 Å². The van der Waals surface area contributed by atoms with Gasteiger partial charge in [-0.05, 0) is 57.4 Å². The van der Waals surface area contributed by atoms with Crippen LogP contribution in [0.15, 0.2) is 60.2 Å². The SMILES string of the molecule is COc1cc2c(c(O)c1C(=O)C=Cc1ccccc1)C=CC(C)(CCC=C(C)C)O2. The average molecular weight is 405 g/mol. The standard InChI is InChI=1S/C26H28O4/c1-18(2)9-8-15-26(3)16-14-20-22(30-26)17-23(29-4)24(25(20)28)21(27)13-12-19-10-6-5-7-11-19/h5-7,9-14,16-17,28H,8,15H2,1-4H3. The van der Waals surface area contributed by atoms with Gasteiger partial charge in [0.15, 0.2) is 5.78 Å². The minimum atomic E-state index is -0.491. The molecule has 1 N–H and O–H groups in total. The van der Waals surface area contributed by atoms with Crippen molar-refractivity contribution in [2.75, 3.05) is 7.11 Å². The van der Waals surface area contributed by atoms with E-state index in [0.717, 1.165) is 18.4 Å². The lowest BCUT2D eigenvalue weighted by molar-refractivity contribution is 0.104. The number of methoxy groups -OCH3 is 1. The molecule has 0 amide bonds. The summed E-state index contributed by atoms with van der Waals surface area (Å²) in [5.74, 6) is 0.335. The number of aromatic hydroxyl groups is 1. The van der Waals surface area contributed by atoms with Crippen LogP contribution in [0.1, 0.15) is 55.1 Å². The Bertz CT molecular complexity index is 1010. The highest BCUT2D eigenvalue weighted by atomic mass is 16.5. The summed E-state index contributed by atoms with van der Waals surface area (Å²) in [6, 6.07) is 11.2. The largest absolute Gasteiger partial charge is 0.506 e. The number of phenolic OH excluding ortho intramolecular Hbond substituents is 1. The molecule has 156 valence electrons. The fourth-order valence-corrected chi connectivity index (χ4v) is 3.43. The summed E-state index contributed by atoms with van der Waals surface area (Å²) < 4.78 is 11.6. The van der Waals surface area contributed by atoms with Crippen LogP contribution < -0.4 is 9.47 Å². The molecule has 1 aliphatic rings. The summed E-state index contributed by atoms with van der Waals surface area (Å²) in [7, 11) is 1.48. The van der Waals surface area contributed by atoms with Crippen LogP contribution in [0.4, 0.5) is 0 Å². The molecule has 4 heteroatoms.